The van der Waals surface area contributed by atoms with Gasteiger partial charge in [-0.15, -0.1) is 22.0 Å². The monoisotopic (exact) mass is 436 g/mol. The van der Waals surface area contributed by atoms with Gasteiger partial charge in [0.2, 0.25) is 5.28 Å². The number of H-pyrrole nitrogens is 1. The first-order valence-electron chi connectivity index (χ1n) is 9.54. The summed E-state index contributed by atoms with van der Waals surface area (Å²) >= 11 is 7.74. The van der Waals surface area contributed by atoms with E-state index >= 15 is 0 Å². The molecule has 0 aromatic carbocycles. The minimum absolute atomic E-state index is 0.0917. The van der Waals surface area contributed by atoms with Crippen molar-refractivity contribution in [2.75, 3.05) is 5.75 Å². The van der Waals surface area contributed by atoms with E-state index in [0.29, 0.717) is 37.4 Å². The molecule has 0 aliphatic carbocycles. The number of allylic oxidation sites excluding steroid dienone is 2. The molecular weight excluding hydrogens is 416 g/mol. The van der Waals surface area contributed by atoms with Gasteiger partial charge < -0.3 is 4.98 Å². The van der Waals surface area contributed by atoms with Crippen LogP contribution in [0.15, 0.2) is 20.6 Å². The van der Waals surface area contributed by atoms with Crippen molar-refractivity contribution in [2.24, 2.45) is 0 Å². The number of thioether (sulfide) groups is 1. The Morgan fingerprint density at radius 3 is 2.86 bits per heavy atom. The zero-order valence-electron chi connectivity index (χ0n) is 16.0. The van der Waals surface area contributed by atoms with Crippen molar-refractivity contribution in [1.82, 2.24) is 39.3 Å². The lowest BCUT2D eigenvalue weighted by Gasteiger charge is -2.10. The van der Waals surface area contributed by atoms with Crippen LogP contribution in [0.25, 0.3) is 11.2 Å². The summed E-state index contributed by atoms with van der Waals surface area (Å²) in [5.41, 5.74) is -0.268. The number of nitrogens with zero attached hydrogens (tertiary/aromatic N) is 7. The Kier molecular flexibility index (Phi) is 5.86. The fraction of sp³-hybridized carbons (Fsp3) is 0.529. The zero-order valence-corrected chi connectivity index (χ0v) is 17.5. The van der Waals surface area contributed by atoms with E-state index in [9.17, 15) is 9.59 Å². The van der Waals surface area contributed by atoms with Crippen molar-refractivity contribution in [1.29, 1.82) is 0 Å². The number of rotatable bonds is 8. The molecule has 4 heterocycles. The molecule has 4 rings (SSSR count). The van der Waals surface area contributed by atoms with Crippen molar-refractivity contribution in [3.63, 3.8) is 0 Å². The predicted octanol–water partition coefficient (Wildman–Crippen LogP) is 1.59. The van der Waals surface area contributed by atoms with E-state index in [1.54, 1.807) is 0 Å². The zero-order chi connectivity index (χ0) is 20.4. The number of aryl methyl sites for hydroxylation is 2. The van der Waals surface area contributed by atoms with Crippen LogP contribution in [0, 0.1) is 0 Å². The fourth-order valence-electron chi connectivity index (χ4n) is 3.32. The second-order valence-electron chi connectivity index (χ2n) is 6.76. The van der Waals surface area contributed by atoms with Gasteiger partial charge in [0.05, 0.1) is 6.54 Å². The summed E-state index contributed by atoms with van der Waals surface area (Å²) in [4.78, 5) is 35.2. The molecule has 1 N–H and O–H groups in total. The van der Waals surface area contributed by atoms with Crippen LogP contribution in [0.2, 0.25) is 5.28 Å². The molecule has 3 aromatic heterocycles. The Balaban J connectivity index is 1.49. The highest BCUT2D eigenvalue weighted by Crippen LogP contribution is 2.26. The third-order valence-corrected chi connectivity index (χ3v) is 5.92. The first-order chi connectivity index (χ1) is 14.1. The first kappa shape index (κ1) is 19.9. The molecule has 0 unspecified atom stereocenters. The standard InChI is InChI=1S/C17H21ClN8O2S/c1-2-6-24-14-13(19-16(18)20-14)15(27)25(17(24)28)7-4-8-26-22-12(21-23-26)10-11-5-3-9-29-11/h5H,2-4,6-10H2,1H3,(H,19,20). The average Bonchev–Trinajstić information content (AvgIpc) is 3.44. The van der Waals surface area contributed by atoms with Gasteiger partial charge in [0.15, 0.2) is 17.0 Å². The lowest BCUT2D eigenvalue weighted by atomic mass is 10.3. The Bertz CT molecular complexity index is 1170. The van der Waals surface area contributed by atoms with Gasteiger partial charge in [-0.05, 0) is 41.0 Å². The summed E-state index contributed by atoms with van der Waals surface area (Å²) in [6.45, 7) is 3.11. The summed E-state index contributed by atoms with van der Waals surface area (Å²) in [6.07, 6.45) is 5.24. The molecule has 154 valence electrons. The molecule has 3 aromatic rings. The third-order valence-electron chi connectivity index (χ3n) is 4.62. The number of aromatic nitrogens is 8. The van der Waals surface area contributed by atoms with E-state index in [1.807, 2.05) is 18.7 Å². The van der Waals surface area contributed by atoms with Crippen molar-refractivity contribution in [2.45, 2.75) is 52.2 Å². The van der Waals surface area contributed by atoms with Crippen LogP contribution < -0.4 is 11.2 Å². The minimum atomic E-state index is -0.422. The van der Waals surface area contributed by atoms with Crippen LogP contribution in [-0.2, 0) is 26.1 Å². The van der Waals surface area contributed by atoms with Crippen molar-refractivity contribution >= 4 is 34.5 Å². The summed E-state index contributed by atoms with van der Waals surface area (Å²) in [6, 6.07) is 0. The first-order valence-corrected chi connectivity index (χ1v) is 10.9. The van der Waals surface area contributed by atoms with Crippen molar-refractivity contribution in [3.05, 3.63) is 42.9 Å². The van der Waals surface area contributed by atoms with Gasteiger partial charge in [0, 0.05) is 25.3 Å². The summed E-state index contributed by atoms with van der Waals surface area (Å²) in [5, 5.41) is 12.6. The molecule has 0 bridgehead atoms. The summed E-state index contributed by atoms with van der Waals surface area (Å²) in [5.74, 6) is 1.79. The number of halogens is 1. The minimum Gasteiger partial charge on any atom is -0.323 e. The van der Waals surface area contributed by atoms with E-state index in [2.05, 4.69) is 31.5 Å². The molecule has 1 aliphatic heterocycles. The van der Waals surface area contributed by atoms with Gasteiger partial charge >= 0.3 is 5.69 Å². The summed E-state index contributed by atoms with van der Waals surface area (Å²) < 4.78 is 2.70. The highest BCUT2D eigenvalue weighted by atomic mass is 35.5. The second-order valence-corrected chi connectivity index (χ2v) is 8.34. The van der Waals surface area contributed by atoms with Gasteiger partial charge in [0.1, 0.15) is 0 Å². The SMILES string of the molecule is CCCn1c(=O)n(CCCn2nnc(CC3=CCCS3)n2)c(=O)c2[nH]c(Cl)nc21. The number of aromatic amines is 1. The quantitative estimate of drug-likeness (QED) is 0.533. The molecular formula is C17H21ClN8O2S. The van der Waals surface area contributed by atoms with Crippen molar-refractivity contribution < 1.29 is 0 Å². The van der Waals surface area contributed by atoms with Gasteiger partial charge in [0.25, 0.3) is 5.56 Å². The fourth-order valence-corrected chi connectivity index (χ4v) is 4.46. The largest absolute Gasteiger partial charge is 0.332 e. The molecule has 0 atom stereocenters. The maximum Gasteiger partial charge on any atom is 0.332 e. The van der Waals surface area contributed by atoms with Gasteiger partial charge in [-0.3, -0.25) is 13.9 Å². The molecule has 12 heteroatoms. The van der Waals surface area contributed by atoms with Crippen molar-refractivity contribution in [3.8, 4) is 0 Å². The lowest BCUT2D eigenvalue weighted by molar-refractivity contribution is 0.453. The Hall–Kier alpha value is -2.40. The topological polar surface area (TPSA) is 116 Å². The predicted molar refractivity (Wildman–Crippen MR) is 111 cm³/mol. The van der Waals surface area contributed by atoms with Gasteiger partial charge in [-0.1, -0.05) is 13.0 Å². The lowest BCUT2D eigenvalue weighted by Crippen LogP contribution is -2.40. The van der Waals surface area contributed by atoms with Gasteiger partial charge in [-0.2, -0.15) is 9.78 Å². The Labute approximate surface area is 175 Å². The number of tetrazole rings is 1. The molecule has 10 nitrogen and oxygen atoms in total. The highest BCUT2D eigenvalue weighted by Gasteiger charge is 2.16. The molecule has 0 spiro atoms. The maximum atomic E-state index is 12.8. The number of imidazole rings is 1. The normalized spacial score (nSPS) is 14.1. The van der Waals surface area contributed by atoms with E-state index in [-0.39, 0.29) is 23.0 Å². The second kappa shape index (κ2) is 8.54. The highest BCUT2D eigenvalue weighted by molar-refractivity contribution is 8.03. The number of nitrogens with one attached hydrogen (secondary N) is 1. The molecule has 0 radical (unpaired) electrons. The van der Waals surface area contributed by atoms with E-state index in [1.165, 1.54) is 18.8 Å². The molecule has 1 aliphatic rings. The molecule has 29 heavy (non-hydrogen) atoms. The van der Waals surface area contributed by atoms with Crippen LogP contribution in [0.4, 0.5) is 0 Å². The number of hydrogen-bond donors (Lipinski definition) is 1. The van der Waals surface area contributed by atoms with Gasteiger partial charge in [-0.25, -0.2) is 4.79 Å². The van der Waals surface area contributed by atoms with Crippen LogP contribution in [0.3, 0.4) is 0 Å². The maximum absolute atomic E-state index is 12.8. The van der Waals surface area contributed by atoms with E-state index < -0.39 is 5.56 Å². The van der Waals surface area contributed by atoms with Crippen LogP contribution in [0.1, 0.15) is 32.0 Å². The average molecular weight is 437 g/mol. The van der Waals surface area contributed by atoms with Crippen LogP contribution in [-0.4, -0.2) is 45.1 Å². The smallest absolute Gasteiger partial charge is 0.323 e. The molecule has 0 saturated heterocycles. The summed E-state index contributed by atoms with van der Waals surface area (Å²) in [7, 11) is 0. The Morgan fingerprint density at radius 1 is 1.24 bits per heavy atom. The molecule has 0 saturated carbocycles. The van der Waals surface area contributed by atoms with Crippen LogP contribution in [0.5, 0.6) is 0 Å². The van der Waals surface area contributed by atoms with Crippen LogP contribution >= 0.6 is 23.4 Å². The number of fused-ring (bicyclic) bond motifs is 1. The molecule has 0 fully saturated rings. The van der Waals surface area contributed by atoms with E-state index in [0.717, 1.165) is 18.6 Å². The number of hydrogen-bond acceptors (Lipinski definition) is 7. The Morgan fingerprint density at radius 2 is 2.10 bits per heavy atom. The molecule has 0 amide bonds. The van der Waals surface area contributed by atoms with E-state index in [4.69, 9.17) is 11.6 Å². The third kappa shape index (κ3) is 4.15.